The van der Waals surface area contributed by atoms with E-state index in [1.807, 2.05) is 36.4 Å². The summed E-state index contributed by atoms with van der Waals surface area (Å²) in [7, 11) is 1.76. The summed E-state index contributed by atoms with van der Waals surface area (Å²) in [6.07, 6.45) is 3.40. The molecule has 0 bridgehead atoms. The summed E-state index contributed by atoms with van der Waals surface area (Å²) in [6, 6.07) is 15.1. The van der Waals surface area contributed by atoms with Crippen molar-refractivity contribution >= 4 is 11.6 Å². The standard InChI is InChI=1S/C21H20N6O/c1-25-20(28)14-19(17-6-8-23-9-7-17)24-21(25)27-12-10-26(11-13-27)18-4-2-16(15-22)3-5-18/h2-9,14H,10-13H2,1H3. The molecule has 0 atom stereocenters. The summed E-state index contributed by atoms with van der Waals surface area (Å²) in [6.45, 7) is 3.17. The van der Waals surface area contributed by atoms with Crippen LogP contribution in [0.3, 0.4) is 0 Å². The first kappa shape index (κ1) is 17.7. The van der Waals surface area contributed by atoms with Crippen molar-refractivity contribution in [3.8, 4) is 17.3 Å². The lowest BCUT2D eigenvalue weighted by atomic mass is 10.2. The molecule has 0 radical (unpaired) electrons. The van der Waals surface area contributed by atoms with E-state index in [-0.39, 0.29) is 5.56 Å². The molecule has 2 aromatic heterocycles. The number of aromatic nitrogens is 3. The minimum atomic E-state index is -0.0775. The van der Waals surface area contributed by atoms with Gasteiger partial charge in [-0.25, -0.2) is 4.98 Å². The molecule has 140 valence electrons. The number of nitrogens with zero attached hydrogens (tertiary/aromatic N) is 6. The first-order chi connectivity index (χ1) is 13.7. The van der Waals surface area contributed by atoms with Crippen LogP contribution < -0.4 is 15.4 Å². The lowest BCUT2D eigenvalue weighted by Crippen LogP contribution is -2.48. The molecule has 1 fully saturated rings. The van der Waals surface area contributed by atoms with Crippen LogP contribution in [0.4, 0.5) is 11.6 Å². The molecule has 3 aromatic rings. The Morgan fingerprint density at radius 3 is 2.25 bits per heavy atom. The fourth-order valence-electron chi connectivity index (χ4n) is 3.39. The van der Waals surface area contributed by atoms with E-state index in [1.54, 1.807) is 30.1 Å². The molecule has 1 aliphatic rings. The fraction of sp³-hybridized carbons (Fsp3) is 0.238. The van der Waals surface area contributed by atoms with Gasteiger partial charge in [-0.15, -0.1) is 0 Å². The quantitative estimate of drug-likeness (QED) is 0.700. The van der Waals surface area contributed by atoms with Gasteiger partial charge in [0.25, 0.3) is 5.56 Å². The van der Waals surface area contributed by atoms with Crippen LogP contribution in [0.2, 0.25) is 0 Å². The zero-order valence-corrected chi connectivity index (χ0v) is 15.6. The van der Waals surface area contributed by atoms with E-state index in [1.165, 1.54) is 0 Å². The maximum atomic E-state index is 12.5. The SMILES string of the molecule is Cn1c(N2CCN(c3ccc(C#N)cc3)CC2)nc(-c2ccncc2)cc1=O. The van der Waals surface area contributed by atoms with Gasteiger partial charge in [-0.1, -0.05) is 0 Å². The summed E-state index contributed by atoms with van der Waals surface area (Å²) in [5, 5.41) is 8.94. The maximum absolute atomic E-state index is 12.5. The normalized spacial score (nSPS) is 14.0. The maximum Gasteiger partial charge on any atom is 0.255 e. The summed E-state index contributed by atoms with van der Waals surface area (Å²) >= 11 is 0. The van der Waals surface area contributed by atoms with Gasteiger partial charge in [0.05, 0.1) is 17.3 Å². The second-order valence-electron chi connectivity index (χ2n) is 6.71. The van der Waals surface area contributed by atoms with Crippen LogP contribution in [0.1, 0.15) is 5.56 Å². The molecule has 0 spiro atoms. The molecule has 1 aliphatic heterocycles. The van der Waals surface area contributed by atoms with Gasteiger partial charge in [-0.3, -0.25) is 14.3 Å². The smallest absolute Gasteiger partial charge is 0.255 e. The highest BCUT2D eigenvalue weighted by Gasteiger charge is 2.21. The predicted octanol–water partition coefficient (Wildman–Crippen LogP) is 2.04. The molecule has 7 nitrogen and oxygen atoms in total. The minimum Gasteiger partial charge on any atom is -0.368 e. The molecule has 0 aliphatic carbocycles. The molecule has 0 N–H and O–H groups in total. The van der Waals surface area contributed by atoms with E-state index < -0.39 is 0 Å². The Hall–Kier alpha value is -3.66. The fourth-order valence-corrected chi connectivity index (χ4v) is 3.39. The number of pyridine rings is 1. The lowest BCUT2D eigenvalue weighted by molar-refractivity contribution is 0.621. The van der Waals surface area contributed by atoms with Crippen molar-refractivity contribution in [2.75, 3.05) is 36.0 Å². The van der Waals surface area contributed by atoms with E-state index in [9.17, 15) is 4.79 Å². The molecular weight excluding hydrogens is 352 g/mol. The average Bonchev–Trinajstić information content (AvgIpc) is 2.76. The van der Waals surface area contributed by atoms with Gasteiger partial charge in [-0.2, -0.15) is 5.26 Å². The van der Waals surface area contributed by atoms with Crippen molar-refractivity contribution in [3.63, 3.8) is 0 Å². The second-order valence-corrected chi connectivity index (χ2v) is 6.71. The summed E-state index contributed by atoms with van der Waals surface area (Å²) < 4.78 is 1.60. The molecule has 7 heteroatoms. The molecule has 1 saturated heterocycles. The molecule has 0 amide bonds. The average molecular weight is 372 g/mol. The monoisotopic (exact) mass is 372 g/mol. The van der Waals surface area contributed by atoms with E-state index >= 15 is 0 Å². The van der Waals surface area contributed by atoms with Crippen molar-refractivity contribution in [2.24, 2.45) is 7.05 Å². The Bertz CT molecular complexity index is 1060. The van der Waals surface area contributed by atoms with Crippen molar-refractivity contribution in [3.05, 3.63) is 70.8 Å². The zero-order valence-electron chi connectivity index (χ0n) is 15.6. The molecule has 4 rings (SSSR count). The van der Waals surface area contributed by atoms with Gasteiger partial charge in [-0.05, 0) is 36.4 Å². The predicted molar refractivity (Wildman–Crippen MR) is 108 cm³/mol. The Kier molecular flexibility index (Phi) is 4.77. The highest BCUT2D eigenvalue weighted by atomic mass is 16.1. The van der Waals surface area contributed by atoms with Crippen LogP contribution in [0.15, 0.2) is 59.7 Å². The number of benzene rings is 1. The van der Waals surface area contributed by atoms with Crippen molar-refractivity contribution < 1.29 is 0 Å². The Balaban J connectivity index is 1.55. The van der Waals surface area contributed by atoms with Gasteiger partial charge in [0.2, 0.25) is 5.95 Å². The Morgan fingerprint density at radius 1 is 0.964 bits per heavy atom. The first-order valence-corrected chi connectivity index (χ1v) is 9.14. The Labute approximate surface area is 163 Å². The van der Waals surface area contributed by atoms with Crippen LogP contribution >= 0.6 is 0 Å². The third kappa shape index (κ3) is 3.45. The van der Waals surface area contributed by atoms with Gasteiger partial charge in [0.1, 0.15) is 0 Å². The van der Waals surface area contributed by atoms with E-state index in [4.69, 9.17) is 10.2 Å². The van der Waals surface area contributed by atoms with E-state index in [0.717, 1.165) is 37.4 Å². The molecule has 1 aromatic carbocycles. The van der Waals surface area contributed by atoms with Crippen LogP contribution in [-0.2, 0) is 7.05 Å². The van der Waals surface area contributed by atoms with Gasteiger partial charge >= 0.3 is 0 Å². The molecular formula is C21H20N6O. The third-order valence-electron chi connectivity index (χ3n) is 5.01. The van der Waals surface area contributed by atoms with Gasteiger partial charge in [0.15, 0.2) is 0 Å². The zero-order chi connectivity index (χ0) is 19.5. The number of piperazine rings is 1. The topological polar surface area (TPSA) is 78.1 Å². The van der Waals surface area contributed by atoms with Crippen molar-refractivity contribution in [1.82, 2.24) is 14.5 Å². The highest BCUT2D eigenvalue weighted by molar-refractivity contribution is 5.60. The number of hydrogen-bond acceptors (Lipinski definition) is 6. The Morgan fingerprint density at radius 2 is 1.61 bits per heavy atom. The van der Waals surface area contributed by atoms with Crippen LogP contribution in [0, 0.1) is 11.3 Å². The summed E-state index contributed by atoms with van der Waals surface area (Å²) in [5.41, 5.74) is 3.23. The largest absolute Gasteiger partial charge is 0.368 e. The van der Waals surface area contributed by atoms with Crippen molar-refractivity contribution in [2.45, 2.75) is 0 Å². The first-order valence-electron chi connectivity index (χ1n) is 9.14. The lowest BCUT2D eigenvalue weighted by Gasteiger charge is -2.37. The molecule has 0 saturated carbocycles. The number of anilines is 2. The van der Waals surface area contributed by atoms with Crippen LogP contribution in [0.25, 0.3) is 11.3 Å². The summed E-state index contributed by atoms with van der Waals surface area (Å²) in [5.74, 6) is 0.679. The number of rotatable bonds is 3. The van der Waals surface area contributed by atoms with Gasteiger partial charge in [0, 0.05) is 62.9 Å². The van der Waals surface area contributed by atoms with Crippen molar-refractivity contribution in [1.29, 1.82) is 5.26 Å². The van der Waals surface area contributed by atoms with E-state index in [2.05, 4.69) is 20.9 Å². The third-order valence-corrected chi connectivity index (χ3v) is 5.01. The molecule has 28 heavy (non-hydrogen) atoms. The minimum absolute atomic E-state index is 0.0775. The summed E-state index contributed by atoms with van der Waals surface area (Å²) in [4.78, 5) is 25.7. The van der Waals surface area contributed by atoms with Crippen LogP contribution in [0.5, 0.6) is 0 Å². The number of hydrogen-bond donors (Lipinski definition) is 0. The second kappa shape index (κ2) is 7.53. The highest BCUT2D eigenvalue weighted by Crippen LogP contribution is 2.21. The molecule has 3 heterocycles. The van der Waals surface area contributed by atoms with Gasteiger partial charge < -0.3 is 9.80 Å². The number of nitriles is 1. The molecule has 0 unspecified atom stereocenters. The van der Waals surface area contributed by atoms with E-state index in [0.29, 0.717) is 17.2 Å². The van der Waals surface area contributed by atoms with Crippen LogP contribution in [-0.4, -0.2) is 40.7 Å².